The lowest BCUT2D eigenvalue weighted by Gasteiger charge is -2.43. The maximum atomic E-state index is 12.6. The van der Waals surface area contributed by atoms with E-state index in [1.165, 1.54) is 5.57 Å². The van der Waals surface area contributed by atoms with Crippen molar-refractivity contribution in [3.05, 3.63) is 23.8 Å². The van der Waals surface area contributed by atoms with E-state index < -0.39 is 12.2 Å². The van der Waals surface area contributed by atoms with Crippen molar-refractivity contribution in [1.29, 1.82) is 0 Å². The molecule has 6 heteroatoms. The number of hydrogen-bond acceptors (Lipinski definition) is 5. The number of amides is 1. The summed E-state index contributed by atoms with van der Waals surface area (Å²) < 4.78 is 6.06. The molecule has 0 fully saturated rings. The average Bonchev–Trinajstić information content (AvgIpc) is 2.77. The van der Waals surface area contributed by atoms with Crippen molar-refractivity contribution in [2.24, 2.45) is 29.6 Å². The van der Waals surface area contributed by atoms with Gasteiger partial charge in [0.1, 0.15) is 6.10 Å². The number of aliphatic hydroxyl groups excluding tert-OH is 2. The first-order chi connectivity index (χ1) is 16.2. The van der Waals surface area contributed by atoms with Crippen molar-refractivity contribution in [2.75, 3.05) is 6.54 Å². The number of carbonyl (C=O) groups is 2. The summed E-state index contributed by atoms with van der Waals surface area (Å²) in [5.74, 6) is 0.639. The van der Waals surface area contributed by atoms with Crippen LogP contribution in [0.4, 0.5) is 0 Å². The van der Waals surface area contributed by atoms with Gasteiger partial charge in [0.2, 0.25) is 5.91 Å². The van der Waals surface area contributed by atoms with Crippen molar-refractivity contribution < 1.29 is 24.5 Å². The quantitative estimate of drug-likeness (QED) is 0.267. The first kappa shape index (κ1) is 28.6. The van der Waals surface area contributed by atoms with Crippen LogP contribution in [0.1, 0.15) is 86.0 Å². The molecule has 6 nitrogen and oxygen atoms in total. The highest BCUT2D eigenvalue weighted by Gasteiger charge is 2.41. The lowest BCUT2D eigenvalue weighted by Crippen LogP contribution is -2.41. The third-order valence-corrected chi connectivity index (χ3v) is 7.53. The Hall–Kier alpha value is -1.66. The Morgan fingerprint density at radius 3 is 2.62 bits per heavy atom. The zero-order valence-corrected chi connectivity index (χ0v) is 21.8. The fourth-order valence-electron chi connectivity index (χ4n) is 5.24. The summed E-state index contributed by atoms with van der Waals surface area (Å²) in [7, 11) is 0. The fourth-order valence-corrected chi connectivity index (χ4v) is 5.24. The van der Waals surface area contributed by atoms with Gasteiger partial charge in [0.05, 0.1) is 24.5 Å². The van der Waals surface area contributed by atoms with E-state index in [4.69, 9.17) is 4.74 Å². The van der Waals surface area contributed by atoms with E-state index in [0.29, 0.717) is 24.8 Å². The largest absolute Gasteiger partial charge is 0.461 e. The number of hydrogen-bond donors (Lipinski definition) is 3. The summed E-state index contributed by atoms with van der Waals surface area (Å²) in [6, 6.07) is 0. The first-order valence-electron chi connectivity index (χ1n) is 13.4. The van der Waals surface area contributed by atoms with E-state index in [1.807, 2.05) is 13.8 Å². The molecule has 8 atom stereocenters. The molecule has 0 saturated heterocycles. The molecule has 194 valence electrons. The molecule has 0 aromatic rings. The van der Waals surface area contributed by atoms with Crippen LogP contribution in [0.15, 0.2) is 23.8 Å². The van der Waals surface area contributed by atoms with Crippen LogP contribution in [0, 0.1) is 29.6 Å². The molecule has 0 radical (unpaired) electrons. The third kappa shape index (κ3) is 8.53. The molecule has 0 aromatic carbocycles. The second-order valence-electron chi connectivity index (χ2n) is 10.6. The Morgan fingerprint density at radius 1 is 1.21 bits per heavy atom. The Bertz CT molecular complexity index is 718. The molecule has 0 aromatic heterocycles. The molecule has 1 amide bonds. The number of aliphatic hydroxyl groups is 2. The summed E-state index contributed by atoms with van der Waals surface area (Å²) >= 11 is 0. The van der Waals surface area contributed by atoms with Crippen LogP contribution >= 0.6 is 0 Å². The van der Waals surface area contributed by atoms with Crippen LogP contribution in [0.3, 0.4) is 0 Å². The number of carbonyl (C=O) groups excluding carboxylic acids is 2. The zero-order valence-electron chi connectivity index (χ0n) is 21.8. The topological polar surface area (TPSA) is 95.9 Å². The lowest BCUT2D eigenvalue weighted by atomic mass is 9.65. The second kappa shape index (κ2) is 14.0. The molecular weight excluding hydrogens is 430 g/mol. The maximum absolute atomic E-state index is 12.6. The van der Waals surface area contributed by atoms with Crippen molar-refractivity contribution >= 4 is 11.9 Å². The monoisotopic (exact) mass is 477 g/mol. The van der Waals surface area contributed by atoms with Gasteiger partial charge in [-0.15, -0.1) is 0 Å². The standard InChI is InChI=1S/C28H47NO5/c1-6-8-13-29-26(32)17-23(31)16-22(30)11-12-24-20(5)9-10-21-14-18(3)15-25(27(21)24)34-28(33)19(4)7-2/h9-10,14,18-20,22-25,27,30-31H,6-8,11-13,15-17H2,1-5H3,(H,29,32)/t18-,19-,20-,22+,23+,24-,25-,27-/m0/s1. The van der Waals surface area contributed by atoms with Gasteiger partial charge >= 0.3 is 5.97 Å². The number of rotatable bonds is 13. The molecule has 0 aliphatic heterocycles. The van der Waals surface area contributed by atoms with Crippen LogP contribution in [-0.4, -0.2) is 46.9 Å². The molecule has 2 aliphatic rings. The second-order valence-corrected chi connectivity index (χ2v) is 10.6. The van der Waals surface area contributed by atoms with Crippen LogP contribution in [0.5, 0.6) is 0 Å². The molecule has 34 heavy (non-hydrogen) atoms. The van der Waals surface area contributed by atoms with Crippen LogP contribution in [0.2, 0.25) is 0 Å². The van der Waals surface area contributed by atoms with Gasteiger partial charge in [-0.2, -0.15) is 0 Å². The molecule has 0 heterocycles. The van der Waals surface area contributed by atoms with E-state index in [1.54, 1.807) is 0 Å². The molecule has 0 spiro atoms. The number of ether oxygens (including phenoxy) is 1. The molecule has 0 unspecified atom stereocenters. The van der Waals surface area contributed by atoms with E-state index >= 15 is 0 Å². The van der Waals surface area contributed by atoms with Crippen molar-refractivity contribution in [2.45, 2.75) is 104 Å². The van der Waals surface area contributed by atoms with Gasteiger partial charge in [-0.05, 0) is 61.9 Å². The highest BCUT2D eigenvalue weighted by Crippen LogP contribution is 2.45. The molecule has 0 bridgehead atoms. The van der Waals surface area contributed by atoms with E-state index in [2.05, 4.69) is 44.3 Å². The molecule has 2 aliphatic carbocycles. The van der Waals surface area contributed by atoms with Gasteiger partial charge in [0, 0.05) is 12.5 Å². The van der Waals surface area contributed by atoms with Gasteiger partial charge < -0.3 is 20.3 Å². The highest BCUT2D eigenvalue weighted by atomic mass is 16.5. The lowest BCUT2D eigenvalue weighted by molar-refractivity contribution is -0.158. The zero-order chi connectivity index (χ0) is 25.3. The molecule has 2 rings (SSSR count). The minimum absolute atomic E-state index is 0.0182. The van der Waals surface area contributed by atoms with Crippen LogP contribution in [-0.2, 0) is 14.3 Å². The number of nitrogens with one attached hydrogen (secondary N) is 1. The summed E-state index contributed by atoms with van der Waals surface area (Å²) in [5, 5.41) is 23.7. The van der Waals surface area contributed by atoms with Crippen LogP contribution < -0.4 is 5.32 Å². The van der Waals surface area contributed by atoms with Gasteiger partial charge in [0.25, 0.3) is 0 Å². The molecule has 0 saturated carbocycles. The number of unbranched alkanes of at least 4 members (excludes halogenated alkanes) is 1. The summed E-state index contributed by atoms with van der Waals surface area (Å²) in [6.45, 7) is 10.9. The first-order valence-corrected chi connectivity index (χ1v) is 13.4. The Morgan fingerprint density at radius 2 is 1.94 bits per heavy atom. The Balaban J connectivity index is 1.97. The minimum atomic E-state index is -0.851. The van der Waals surface area contributed by atoms with Crippen molar-refractivity contribution in [3.8, 4) is 0 Å². The van der Waals surface area contributed by atoms with Crippen molar-refractivity contribution in [3.63, 3.8) is 0 Å². The predicted octanol–water partition coefficient (Wildman–Crippen LogP) is 4.55. The van der Waals surface area contributed by atoms with Crippen LogP contribution in [0.25, 0.3) is 0 Å². The minimum Gasteiger partial charge on any atom is -0.461 e. The number of allylic oxidation sites excluding steroid dienone is 3. The number of esters is 1. The van der Waals surface area contributed by atoms with Gasteiger partial charge in [-0.3, -0.25) is 9.59 Å². The molecular formula is C28H47NO5. The SMILES string of the molecule is CCCCNC(=O)C[C@H](O)C[C@H](O)CC[C@@H]1[C@@H]2C(=C[C@H](C)C[C@@H]2OC(=O)[C@@H](C)CC)C=C[C@@H]1C. The summed E-state index contributed by atoms with van der Waals surface area (Å²) in [5.41, 5.74) is 1.24. The maximum Gasteiger partial charge on any atom is 0.308 e. The summed E-state index contributed by atoms with van der Waals surface area (Å²) in [4.78, 5) is 24.5. The smallest absolute Gasteiger partial charge is 0.308 e. The fraction of sp³-hybridized carbons (Fsp3) is 0.786. The van der Waals surface area contributed by atoms with Gasteiger partial charge in [-0.1, -0.05) is 59.3 Å². The van der Waals surface area contributed by atoms with E-state index in [0.717, 1.165) is 32.1 Å². The van der Waals surface area contributed by atoms with Gasteiger partial charge in [0.15, 0.2) is 0 Å². The van der Waals surface area contributed by atoms with E-state index in [-0.39, 0.29) is 48.6 Å². The van der Waals surface area contributed by atoms with Crippen molar-refractivity contribution in [1.82, 2.24) is 5.32 Å². The molecule has 3 N–H and O–H groups in total. The van der Waals surface area contributed by atoms with Gasteiger partial charge in [-0.25, -0.2) is 0 Å². The van der Waals surface area contributed by atoms with E-state index in [9.17, 15) is 19.8 Å². The highest BCUT2D eigenvalue weighted by molar-refractivity contribution is 5.76. The summed E-state index contributed by atoms with van der Waals surface area (Å²) in [6.07, 6.45) is 10.1. The predicted molar refractivity (Wildman–Crippen MR) is 135 cm³/mol. The Labute approximate surface area is 206 Å². The third-order valence-electron chi connectivity index (χ3n) is 7.53. The Kier molecular flexibility index (Phi) is 11.8. The normalized spacial score (nSPS) is 28.9. The number of fused-ring (bicyclic) bond motifs is 1. The average molecular weight is 478 g/mol.